The fraction of sp³-hybridized carbons (Fsp3) is 0.0909. The van der Waals surface area contributed by atoms with Crippen LogP contribution in [0.15, 0.2) is 40.2 Å². The molecular formula is C11H10BrNOS. The molecule has 1 aromatic heterocycles. The van der Waals surface area contributed by atoms with E-state index in [1.54, 1.807) is 29.5 Å². The lowest BCUT2D eigenvalue weighted by atomic mass is 10.1. The van der Waals surface area contributed by atoms with Crippen LogP contribution in [0.4, 0.5) is 0 Å². The van der Waals surface area contributed by atoms with Gasteiger partial charge in [0.25, 0.3) is 0 Å². The summed E-state index contributed by atoms with van der Waals surface area (Å²) < 4.78 is 0.918. The quantitative estimate of drug-likeness (QED) is 0.889. The highest BCUT2D eigenvalue weighted by Gasteiger charge is 2.13. The van der Waals surface area contributed by atoms with Gasteiger partial charge in [-0.05, 0) is 35.2 Å². The minimum absolute atomic E-state index is 0.188. The Morgan fingerprint density at radius 2 is 2.13 bits per heavy atom. The van der Waals surface area contributed by atoms with E-state index in [9.17, 15) is 5.11 Å². The number of phenols is 1. The summed E-state index contributed by atoms with van der Waals surface area (Å²) >= 11 is 5.04. The number of aromatic hydroxyl groups is 1. The van der Waals surface area contributed by atoms with E-state index in [4.69, 9.17) is 5.73 Å². The number of phenolic OH excluding ortho intramolecular Hbond substituents is 1. The zero-order valence-electron chi connectivity index (χ0n) is 7.85. The van der Waals surface area contributed by atoms with Crippen LogP contribution in [0, 0.1) is 0 Å². The molecule has 15 heavy (non-hydrogen) atoms. The van der Waals surface area contributed by atoms with Gasteiger partial charge < -0.3 is 10.8 Å². The van der Waals surface area contributed by atoms with Gasteiger partial charge in [-0.1, -0.05) is 22.0 Å². The molecule has 3 N–H and O–H groups in total. The van der Waals surface area contributed by atoms with Gasteiger partial charge in [0.05, 0.1) is 6.04 Å². The number of halogens is 1. The standard InChI is InChI=1S/C11H10BrNOS/c12-9-4-3-7(14)6-8(9)11(13)10-2-1-5-15-10/h1-6,11,14H,13H2/t11-/m0/s1. The number of nitrogens with two attached hydrogens (primary N) is 1. The number of rotatable bonds is 2. The van der Waals surface area contributed by atoms with Crippen molar-refractivity contribution >= 4 is 27.3 Å². The van der Waals surface area contributed by atoms with Gasteiger partial charge in [0.1, 0.15) is 5.75 Å². The molecule has 4 heteroatoms. The van der Waals surface area contributed by atoms with E-state index in [1.165, 1.54) is 0 Å². The lowest BCUT2D eigenvalue weighted by Crippen LogP contribution is -2.10. The van der Waals surface area contributed by atoms with Crippen molar-refractivity contribution < 1.29 is 5.11 Å². The minimum atomic E-state index is -0.188. The molecule has 1 atom stereocenters. The predicted molar refractivity (Wildman–Crippen MR) is 66.2 cm³/mol. The van der Waals surface area contributed by atoms with Gasteiger partial charge in [-0.15, -0.1) is 11.3 Å². The summed E-state index contributed by atoms with van der Waals surface area (Å²) in [5.74, 6) is 0.236. The van der Waals surface area contributed by atoms with Crippen molar-refractivity contribution in [3.8, 4) is 5.75 Å². The first-order chi connectivity index (χ1) is 7.18. The molecule has 2 aromatic rings. The average molecular weight is 284 g/mol. The molecule has 1 aromatic carbocycles. The van der Waals surface area contributed by atoms with Crippen LogP contribution in [0.5, 0.6) is 5.75 Å². The lowest BCUT2D eigenvalue weighted by molar-refractivity contribution is 0.474. The third kappa shape index (κ3) is 2.22. The first-order valence-corrected chi connectivity index (χ1v) is 6.13. The van der Waals surface area contributed by atoms with Crippen LogP contribution in [0.2, 0.25) is 0 Å². The minimum Gasteiger partial charge on any atom is -0.508 e. The number of hydrogen-bond acceptors (Lipinski definition) is 3. The highest BCUT2D eigenvalue weighted by molar-refractivity contribution is 9.10. The monoisotopic (exact) mass is 283 g/mol. The number of hydrogen-bond donors (Lipinski definition) is 2. The maximum atomic E-state index is 9.41. The predicted octanol–water partition coefficient (Wildman–Crippen LogP) is 3.26. The van der Waals surface area contributed by atoms with Crippen molar-refractivity contribution in [2.75, 3.05) is 0 Å². The Morgan fingerprint density at radius 3 is 2.80 bits per heavy atom. The largest absolute Gasteiger partial charge is 0.508 e. The Hall–Kier alpha value is -0.840. The van der Waals surface area contributed by atoms with Gasteiger partial charge in [0.2, 0.25) is 0 Å². The molecule has 0 bridgehead atoms. The molecule has 0 aliphatic carbocycles. The topological polar surface area (TPSA) is 46.2 Å². The number of thiophene rings is 1. The molecular weight excluding hydrogens is 274 g/mol. The average Bonchev–Trinajstić information content (AvgIpc) is 2.74. The normalized spacial score (nSPS) is 12.7. The maximum absolute atomic E-state index is 9.41. The van der Waals surface area contributed by atoms with E-state index < -0.39 is 0 Å². The van der Waals surface area contributed by atoms with Crippen molar-refractivity contribution in [2.24, 2.45) is 5.73 Å². The Labute approximate surface area is 100 Å². The summed E-state index contributed by atoms with van der Waals surface area (Å²) in [6.07, 6.45) is 0. The molecule has 0 spiro atoms. The molecule has 0 amide bonds. The molecule has 2 rings (SSSR count). The second kappa shape index (κ2) is 4.35. The first kappa shape index (κ1) is 10.7. The zero-order chi connectivity index (χ0) is 10.8. The third-order valence-corrected chi connectivity index (χ3v) is 3.84. The molecule has 2 nitrogen and oxygen atoms in total. The van der Waals surface area contributed by atoms with E-state index in [0.717, 1.165) is 14.9 Å². The smallest absolute Gasteiger partial charge is 0.116 e. The van der Waals surface area contributed by atoms with E-state index in [-0.39, 0.29) is 11.8 Å². The first-order valence-electron chi connectivity index (χ1n) is 4.46. The lowest BCUT2D eigenvalue weighted by Gasteiger charge is -2.12. The van der Waals surface area contributed by atoms with Gasteiger partial charge in [-0.3, -0.25) is 0 Å². The summed E-state index contributed by atoms with van der Waals surface area (Å²) in [4.78, 5) is 1.08. The van der Waals surface area contributed by atoms with Crippen molar-refractivity contribution in [1.29, 1.82) is 0 Å². The van der Waals surface area contributed by atoms with E-state index in [0.29, 0.717) is 0 Å². The number of benzene rings is 1. The van der Waals surface area contributed by atoms with Crippen molar-refractivity contribution in [2.45, 2.75) is 6.04 Å². The summed E-state index contributed by atoms with van der Waals surface area (Å²) in [7, 11) is 0. The summed E-state index contributed by atoms with van der Waals surface area (Å²) in [6, 6.07) is 8.90. The third-order valence-electron chi connectivity index (χ3n) is 2.16. The molecule has 0 radical (unpaired) electrons. The fourth-order valence-corrected chi connectivity index (χ4v) is 2.63. The van der Waals surface area contributed by atoms with Crippen LogP contribution in [-0.4, -0.2) is 5.11 Å². The Morgan fingerprint density at radius 1 is 1.33 bits per heavy atom. The van der Waals surface area contributed by atoms with Crippen LogP contribution in [0.1, 0.15) is 16.5 Å². The van der Waals surface area contributed by atoms with Crippen LogP contribution >= 0.6 is 27.3 Å². The summed E-state index contributed by atoms with van der Waals surface area (Å²) in [5.41, 5.74) is 7.00. The van der Waals surface area contributed by atoms with Gasteiger partial charge in [-0.2, -0.15) is 0 Å². The molecule has 0 saturated heterocycles. The van der Waals surface area contributed by atoms with Gasteiger partial charge in [0.15, 0.2) is 0 Å². The van der Waals surface area contributed by atoms with Crippen LogP contribution < -0.4 is 5.73 Å². The van der Waals surface area contributed by atoms with E-state index >= 15 is 0 Å². The molecule has 78 valence electrons. The van der Waals surface area contributed by atoms with Crippen molar-refractivity contribution in [3.05, 3.63) is 50.6 Å². The second-order valence-corrected chi connectivity index (χ2v) is 5.03. The second-order valence-electron chi connectivity index (χ2n) is 3.20. The summed E-state index contributed by atoms with van der Waals surface area (Å²) in [6.45, 7) is 0. The van der Waals surface area contributed by atoms with Crippen LogP contribution in [0.3, 0.4) is 0 Å². The zero-order valence-corrected chi connectivity index (χ0v) is 10.3. The summed E-state index contributed by atoms with van der Waals surface area (Å²) in [5, 5.41) is 11.4. The van der Waals surface area contributed by atoms with E-state index in [2.05, 4.69) is 15.9 Å². The Balaban J connectivity index is 2.41. The highest BCUT2D eigenvalue weighted by atomic mass is 79.9. The Kier molecular flexibility index (Phi) is 3.09. The van der Waals surface area contributed by atoms with Gasteiger partial charge >= 0.3 is 0 Å². The van der Waals surface area contributed by atoms with Crippen molar-refractivity contribution in [1.82, 2.24) is 0 Å². The highest BCUT2D eigenvalue weighted by Crippen LogP contribution is 2.31. The maximum Gasteiger partial charge on any atom is 0.116 e. The molecule has 1 heterocycles. The molecule has 0 aliphatic heterocycles. The molecule has 0 aliphatic rings. The van der Waals surface area contributed by atoms with Crippen LogP contribution in [-0.2, 0) is 0 Å². The van der Waals surface area contributed by atoms with Crippen LogP contribution in [0.25, 0.3) is 0 Å². The SMILES string of the molecule is N[C@H](c1cccs1)c1cc(O)ccc1Br. The van der Waals surface area contributed by atoms with Gasteiger partial charge in [0, 0.05) is 9.35 Å². The van der Waals surface area contributed by atoms with Crippen molar-refractivity contribution in [3.63, 3.8) is 0 Å². The Bertz CT molecular complexity index is 456. The van der Waals surface area contributed by atoms with E-state index in [1.807, 2.05) is 17.5 Å². The van der Waals surface area contributed by atoms with Gasteiger partial charge in [-0.25, -0.2) is 0 Å². The fourth-order valence-electron chi connectivity index (χ4n) is 1.39. The molecule has 0 saturated carbocycles. The molecule has 0 fully saturated rings. The molecule has 0 unspecified atom stereocenters.